The van der Waals surface area contributed by atoms with Crippen molar-refractivity contribution in [3.8, 4) is 0 Å². The number of benzene rings is 1. The fourth-order valence-electron chi connectivity index (χ4n) is 1.25. The summed E-state index contributed by atoms with van der Waals surface area (Å²) in [6.07, 6.45) is 2.69. The molecule has 70 valence electrons. The molecule has 0 aromatic heterocycles. The van der Waals surface area contributed by atoms with E-state index in [9.17, 15) is 4.39 Å². The molecule has 0 bridgehead atoms. The molecule has 0 spiro atoms. The van der Waals surface area contributed by atoms with E-state index in [0.717, 1.165) is 12.0 Å². The third-order valence-corrected chi connectivity index (χ3v) is 2.22. The minimum atomic E-state index is -0.211. The number of allylic oxidation sites excluding steroid dienone is 1. The fourth-order valence-corrected chi connectivity index (χ4v) is 1.48. The molecule has 0 aliphatic rings. The molecule has 13 heavy (non-hydrogen) atoms. The predicted octanol–water partition coefficient (Wildman–Crippen LogP) is 3.72. The first-order valence-corrected chi connectivity index (χ1v) is 4.75. The summed E-state index contributed by atoms with van der Waals surface area (Å²) in [5.74, 6) is 0.615. The summed E-state index contributed by atoms with van der Waals surface area (Å²) < 4.78 is 12.6. The number of rotatable bonds is 4. The molecular formula is C11H12ClF. The van der Waals surface area contributed by atoms with Gasteiger partial charge in [0.2, 0.25) is 0 Å². The average Bonchev–Trinajstić information content (AvgIpc) is 2.16. The number of alkyl halides is 1. The zero-order chi connectivity index (χ0) is 9.68. The Morgan fingerprint density at radius 2 is 2.00 bits per heavy atom. The molecule has 1 aromatic carbocycles. The van der Waals surface area contributed by atoms with Crippen molar-refractivity contribution in [1.29, 1.82) is 0 Å². The van der Waals surface area contributed by atoms with Crippen molar-refractivity contribution in [3.05, 3.63) is 48.3 Å². The van der Waals surface area contributed by atoms with Gasteiger partial charge in [-0.3, -0.25) is 0 Å². The smallest absolute Gasteiger partial charge is 0.123 e. The second-order valence-corrected chi connectivity index (χ2v) is 3.25. The van der Waals surface area contributed by atoms with Crippen LogP contribution in [0.3, 0.4) is 0 Å². The summed E-state index contributed by atoms with van der Waals surface area (Å²) in [6.45, 7) is 3.73. The SMILES string of the molecule is C=CC(CCCl)c1ccc(F)cc1. The highest BCUT2D eigenvalue weighted by Crippen LogP contribution is 2.21. The van der Waals surface area contributed by atoms with E-state index < -0.39 is 0 Å². The highest BCUT2D eigenvalue weighted by Gasteiger charge is 2.05. The molecule has 1 unspecified atom stereocenters. The Hall–Kier alpha value is -0.820. The molecule has 2 heteroatoms. The number of halogens is 2. The van der Waals surface area contributed by atoms with Crippen molar-refractivity contribution in [2.45, 2.75) is 12.3 Å². The molecule has 0 radical (unpaired) electrons. The first kappa shape index (κ1) is 10.3. The first-order valence-electron chi connectivity index (χ1n) is 4.22. The Labute approximate surface area is 83.0 Å². The van der Waals surface area contributed by atoms with E-state index >= 15 is 0 Å². The maximum absolute atomic E-state index is 12.6. The highest BCUT2D eigenvalue weighted by molar-refractivity contribution is 6.17. The quantitative estimate of drug-likeness (QED) is 0.511. The summed E-state index contributed by atoms with van der Waals surface area (Å²) in [6, 6.07) is 6.46. The van der Waals surface area contributed by atoms with E-state index in [0.29, 0.717) is 5.88 Å². The molecule has 0 saturated heterocycles. The lowest BCUT2D eigenvalue weighted by atomic mass is 9.97. The molecule has 0 amide bonds. The molecule has 0 N–H and O–H groups in total. The van der Waals surface area contributed by atoms with Crippen molar-refractivity contribution in [2.24, 2.45) is 0 Å². The summed E-state index contributed by atoms with van der Waals surface area (Å²) in [4.78, 5) is 0. The standard InChI is InChI=1S/C11H12ClF/c1-2-9(7-8-12)10-3-5-11(13)6-4-10/h2-6,9H,1,7-8H2. The second kappa shape index (κ2) is 5.03. The van der Waals surface area contributed by atoms with Gasteiger partial charge in [-0.15, -0.1) is 18.2 Å². The summed E-state index contributed by atoms with van der Waals surface area (Å²) in [5, 5.41) is 0. The lowest BCUT2D eigenvalue weighted by molar-refractivity contribution is 0.626. The topological polar surface area (TPSA) is 0 Å². The Kier molecular flexibility index (Phi) is 3.97. The molecule has 0 fully saturated rings. The predicted molar refractivity (Wildman–Crippen MR) is 54.7 cm³/mol. The van der Waals surface area contributed by atoms with Gasteiger partial charge in [0.15, 0.2) is 0 Å². The van der Waals surface area contributed by atoms with Crippen LogP contribution in [0.2, 0.25) is 0 Å². The van der Waals surface area contributed by atoms with Gasteiger partial charge in [-0.25, -0.2) is 4.39 Å². The highest BCUT2D eigenvalue weighted by atomic mass is 35.5. The zero-order valence-electron chi connectivity index (χ0n) is 7.34. The third kappa shape index (κ3) is 2.85. The largest absolute Gasteiger partial charge is 0.207 e. The van der Waals surface area contributed by atoms with Crippen molar-refractivity contribution >= 4 is 11.6 Å². The minimum Gasteiger partial charge on any atom is -0.207 e. The summed E-state index contributed by atoms with van der Waals surface area (Å²) >= 11 is 5.63. The Balaban J connectivity index is 2.79. The van der Waals surface area contributed by atoms with Gasteiger partial charge in [-0.05, 0) is 24.1 Å². The van der Waals surface area contributed by atoms with E-state index in [1.165, 1.54) is 12.1 Å². The van der Waals surface area contributed by atoms with Gasteiger partial charge >= 0.3 is 0 Å². The van der Waals surface area contributed by atoms with E-state index in [2.05, 4.69) is 6.58 Å². The Bertz CT molecular complexity index is 266. The van der Waals surface area contributed by atoms with Crippen LogP contribution in [0.5, 0.6) is 0 Å². The van der Waals surface area contributed by atoms with Crippen molar-refractivity contribution in [1.82, 2.24) is 0 Å². The fraction of sp³-hybridized carbons (Fsp3) is 0.273. The monoisotopic (exact) mass is 198 g/mol. The van der Waals surface area contributed by atoms with E-state index in [4.69, 9.17) is 11.6 Å². The molecule has 0 aliphatic carbocycles. The molecule has 0 aliphatic heterocycles. The van der Waals surface area contributed by atoms with Crippen LogP contribution in [-0.4, -0.2) is 5.88 Å². The second-order valence-electron chi connectivity index (χ2n) is 2.87. The average molecular weight is 199 g/mol. The van der Waals surface area contributed by atoms with Gasteiger partial charge in [0.1, 0.15) is 5.82 Å². The van der Waals surface area contributed by atoms with Crippen LogP contribution in [0.1, 0.15) is 17.9 Å². The molecule has 0 saturated carbocycles. The van der Waals surface area contributed by atoms with Crippen LogP contribution in [-0.2, 0) is 0 Å². The van der Waals surface area contributed by atoms with Crippen LogP contribution in [0.25, 0.3) is 0 Å². The first-order chi connectivity index (χ1) is 6.27. The van der Waals surface area contributed by atoms with Crippen LogP contribution >= 0.6 is 11.6 Å². The number of hydrogen-bond donors (Lipinski definition) is 0. The van der Waals surface area contributed by atoms with Gasteiger partial charge in [0.05, 0.1) is 0 Å². The van der Waals surface area contributed by atoms with Gasteiger partial charge in [0.25, 0.3) is 0 Å². The normalized spacial score (nSPS) is 12.5. The van der Waals surface area contributed by atoms with Gasteiger partial charge < -0.3 is 0 Å². The summed E-state index contributed by atoms with van der Waals surface area (Å²) in [5.41, 5.74) is 1.07. The van der Waals surface area contributed by atoms with E-state index in [-0.39, 0.29) is 11.7 Å². The zero-order valence-corrected chi connectivity index (χ0v) is 8.10. The maximum Gasteiger partial charge on any atom is 0.123 e. The van der Waals surface area contributed by atoms with Crippen LogP contribution in [0.15, 0.2) is 36.9 Å². The molecule has 1 rings (SSSR count). The molecular weight excluding hydrogens is 187 g/mol. The van der Waals surface area contributed by atoms with Gasteiger partial charge in [-0.2, -0.15) is 0 Å². The lowest BCUT2D eigenvalue weighted by Crippen LogP contribution is -1.95. The summed E-state index contributed by atoms with van der Waals surface area (Å²) in [7, 11) is 0. The molecule has 1 atom stereocenters. The lowest BCUT2D eigenvalue weighted by Gasteiger charge is -2.10. The van der Waals surface area contributed by atoms with Crippen molar-refractivity contribution in [3.63, 3.8) is 0 Å². The van der Waals surface area contributed by atoms with E-state index in [1.807, 2.05) is 6.08 Å². The van der Waals surface area contributed by atoms with Crippen LogP contribution in [0, 0.1) is 5.82 Å². The molecule has 1 aromatic rings. The van der Waals surface area contributed by atoms with Gasteiger partial charge in [0, 0.05) is 11.8 Å². The van der Waals surface area contributed by atoms with Crippen molar-refractivity contribution < 1.29 is 4.39 Å². The Morgan fingerprint density at radius 3 is 2.46 bits per heavy atom. The third-order valence-electron chi connectivity index (χ3n) is 2.00. The van der Waals surface area contributed by atoms with E-state index in [1.54, 1.807) is 12.1 Å². The van der Waals surface area contributed by atoms with Crippen molar-refractivity contribution in [2.75, 3.05) is 5.88 Å². The van der Waals surface area contributed by atoms with Crippen LogP contribution < -0.4 is 0 Å². The molecule has 0 heterocycles. The maximum atomic E-state index is 12.6. The van der Waals surface area contributed by atoms with Gasteiger partial charge in [-0.1, -0.05) is 18.2 Å². The number of hydrogen-bond acceptors (Lipinski definition) is 0. The minimum absolute atomic E-state index is 0.211. The molecule has 0 nitrogen and oxygen atoms in total. The van der Waals surface area contributed by atoms with Crippen LogP contribution in [0.4, 0.5) is 4.39 Å². The Morgan fingerprint density at radius 1 is 1.38 bits per heavy atom.